The summed E-state index contributed by atoms with van der Waals surface area (Å²) in [5, 5.41) is 0. The third-order valence-electron chi connectivity index (χ3n) is 5.07. The molecule has 2 nitrogen and oxygen atoms in total. The molecule has 0 unspecified atom stereocenters. The number of unbranched alkanes of at least 4 members (excludes halogenated alkanes) is 1. The van der Waals surface area contributed by atoms with Gasteiger partial charge in [-0.1, -0.05) is 26.2 Å². The highest BCUT2D eigenvalue weighted by atomic mass is 19.2. The van der Waals surface area contributed by atoms with Crippen LogP contribution in [-0.4, -0.2) is 14.2 Å². The van der Waals surface area contributed by atoms with Crippen molar-refractivity contribution in [1.29, 1.82) is 0 Å². The third kappa shape index (κ3) is 4.23. The van der Waals surface area contributed by atoms with Crippen molar-refractivity contribution < 1.29 is 18.3 Å². The summed E-state index contributed by atoms with van der Waals surface area (Å²) in [7, 11) is 2.88. The van der Waals surface area contributed by atoms with E-state index in [1.54, 1.807) is 6.07 Å². The SMILES string of the molecule is CCCCC1CCC(c2cc(OC)c(F)c(F)c2COC)CC1. The Kier molecular flexibility index (Phi) is 6.82. The van der Waals surface area contributed by atoms with Crippen molar-refractivity contribution in [2.24, 2.45) is 5.92 Å². The van der Waals surface area contributed by atoms with Crippen LogP contribution in [0.1, 0.15) is 68.9 Å². The lowest BCUT2D eigenvalue weighted by Gasteiger charge is -2.30. The highest BCUT2D eigenvalue weighted by Gasteiger charge is 2.27. The Morgan fingerprint density at radius 3 is 2.35 bits per heavy atom. The molecule has 1 aliphatic carbocycles. The standard InChI is InChI=1S/C19H28F2O2/c1-4-5-6-13-7-9-14(10-8-13)15-11-17(23-3)19(21)18(20)16(15)12-22-2/h11,13-14H,4-10,12H2,1-3H3. The van der Waals surface area contributed by atoms with E-state index in [9.17, 15) is 8.78 Å². The lowest BCUT2D eigenvalue weighted by molar-refractivity contribution is 0.177. The monoisotopic (exact) mass is 326 g/mol. The van der Waals surface area contributed by atoms with Gasteiger partial charge in [0.2, 0.25) is 5.82 Å². The van der Waals surface area contributed by atoms with Crippen LogP contribution in [0.4, 0.5) is 8.78 Å². The average Bonchev–Trinajstić information content (AvgIpc) is 2.58. The minimum absolute atomic E-state index is 0.00883. The van der Waals surface area contributed by atoms with E-state index in [-0.39, 0.29) is 18.3 Å². The van der Waals surface area contributed by atoms with Crippen molar-refractivity contribution in [2.45, 2.75) is 64.4 Å². The van der Waals surface area contributed by atoms with Crippen molar-refractivity contribution >= 4 is 0 Å². The van der Waals surface area contributed by atoms with Gasteiger partial charge in [0.15, 0.2) is 11.6 Å². The summed E-state index contributed by atoms with van der Waals surface area (Å²) in [6.07, 6.45) is 8.19. The Bertz CT molecular complexity index is 509. The number of hydrogen-bond donors (Lipinski definition) is 0. The van der Waals surface area contributed by atoms with Crippen molar-refractivity contribution in [3.05, 3.63) is 28.8 Å². The fraction of sp³-hybridized carbons (Fsp3) is 0.684. The molecule has 0 heterocycles. The first-order valence-corrected chi connectivity index (χ1v) is 8.66. The molecule has 0 atom stereocenters. The normalized spacial score (nSPS) is 21.4. The minimum Gasteiger partial charge on any atom is -0.494 e. The summed E-state index contributed by atoms with van der Waals surface area (Å²) < 4.78 is 38.4. The maximum Gasteiger partial charge on any atom is 0.200 e. The summed E-state index contributed by atoms with van der Waals surface area (Å²) in [4.78, 5) is 0. The van der Waals surface area contributed by atoms with E-state index in [2.05, 4.69) is 6.92 Å². The topological polar surface area (TPSA) is 18.5 Å². The Morgan fingerprint density at radius 2 is 1.78 bits per heavy atom. The first-order valence-electron chi connectivity index (χ1n) is 8.66. The first-order chi connectivity index (χ1) is 11.1. The fourth-order valence-corrected chi connectivity index (χ4v) is 3.72. The molecule has 0 aromatic heterocycles. The van der Waals surface area contributed by atoms with Gasteiger partial charge >= 0.3 is 0 Å². The van der Waals surface area contributed by atoms with Gasteiger partial charge in [0.25, 0.3) is 0 Å². The van der Waals surface area contributed by atoms with Gasteiger partial charge in [-0.3, -0.25) is 0 Å². The Hall–Kier alpha value is -1.16. The second kappa shape index (κ2) is 8.62. The van der Waals surface area contributed by atoms with Crippen LogP contribution in [0.3, 0.4) is 0 Å². The number of methoxy groups -OCH3 is 2. The van der Waals surface area contributed by atoms with Crippen LogP contribution in [-0.2, 0) is 11.3 Å². The van der Waals surface area contributed by atoms with Crippen LogP contribution in [0.2, 0.25) is 0 Å². The Morgan fingerprint density at radius 1 is 1.09 bits per heavy atom. The molecule has 0 bridgehead atoms. The van der Waals surface area contributed by atoms with Crippen molar-refractivity contribution in [3.8, 4) is 5.75 Å². The molecule has 1 aromatic rings. The molecule has 2 rings (SSSR count). The number of benzene rings is 1. The van der Waals surface area contributed by atoms with Gasteiger partial charge in [0, 0.05) is 12.7 Å². The van der Waals surface area contributed by atoms with Crippen LogP contribution in [0.15, 0.2) is 6.07 Å². The Balaban J connectivity index is 2.20. The maximum absolute atomic E-state index is 14.4. The van der Waals surface area contributed by atoms with Crippen LogP contribution in [0.5, 0.6) is 5.75 Å². The number of hydrogen-bond acceptors (Lipinski definition) is 2. The van der Waals surface area contributed by atoms with Crippen LogP contribution in [0, 0.1) is 17.6 Å². The molecule has 1 fully saturated rings. The molecule has 0 aliphatic heterocycles. The summed E-state index contributed by atoms with van der Waals surface area (Å²) >= 11 is 0. The molecule has 0 N–H and O–H groups in total. The van der Waals surface area contributed by atoms with Gasteiger partial charge in [0.05, 0.1) is 13.7 Å². The van der Waals surface area contributed by atoms with Gasteiger partial charge in [-0.05, 0) is 49.1 Å². The molecular weight excluding hydrogens is 298 g/mol. The van der Waals surface area contributed by atoms with Crippen LogP contribution >= 0.6 is 0 Å². The molecule has 23 heavy (non-hydrogen) atoms. The zero-order valence-corrected chi connectivity index (χ0v) is 14.5. The molecule has 130 valence electrons. The maximum atomic E-state index is 14.4. The highest BCUT2D eigenvalue weighted by molar-refractivity contribution is 5.40. The number of ether oxygens (including phenoxy) is 2. The second-order valence-electron chi connectivity index (χ2n) is 6.57. The van der Waals surface area contributed by atoms with E-state index in [0.717, 1.165) is 24.3 Å². The van der Waals surface area contributed by atoms with Gasteiger partial charge in [0.1, 0.15) is 0 Å². The summed E-state index contributed by atoms with van der Waals surface area (Å²) in [6, 6.07) is 1.67. The first kappa shape index (κ1) is 18.2. The quantitative estimate of drug-likeness (QED) is 0.651. The molecule has 1 aliphatic rings. The van der Waals surface area contributed by atoms with E-state index < -0.39 is 11.6 Å². The van der Waals surface area contributed by atoms with E-state index in [1.165, 1.54) is 46.3 Å². The Labute approximate surface area is 138 Å². The van der Waals surface area contributed by atoms with E-state index in [0.29, 0.717) is 5.56 Å². The van der Waals surface area contributed by atoms with E-state index >= 15 is 0 Å². The van der Waals surface area contributed by atoms with Gasteiger partial charge in [-0.2, -0.15) is 4.39 Å². The molecule has 4 heteroatoms. The molecule has 1 aromatic carbocycles. The number of halogens is 2. The van der Waals surface area contributed by atoms with E-state index in [4.69, 9.17) is 9.47 Å². The smallest absolute Gasteiger partial charge is 0.200 e. The molecule has 0 amide bonds. The molecule has 0 radical (unpaired) electrons. The summed E-state index contributed by atoms with van der Waals surface area (Å²) in [5.41, 5.74) is 1.21. The predicted octanol–water partition coefficient (Wildman–Crippen LogP) is 5.58. The number of rotatable bonds is 7. The van der Waals surface area contributed by atoms with Crippen molar-refractivity contribution in [1.82, 2.24) is 0 Å². The molecule has 0 saturated heterocycles. The zero-order chi connectivity index (χ0) is 16.8. The predicted molar refractivity (Wildman–Crippen MR) is 87.8 cm³/mol. The molecular formula is C19H28F2O2. The van der Waals surface area contributed by atoms with Gasteiger partial charge < -0.3 is 9.47 Å². The summed E-state index contributed by atoms with van der Waals surface area (Å²) in [6.45, 7) is 2.31. The molecule has 1 saturated carbocycles. The third-order valence-corrected chi connectivity index (χ3v) is 5.07. The average molecular weight is 326 g/mol. The lowest BCUT2D eigenvalue weighted by Crippen LogP contribution is -2.16. The van der Waals surface area contributed by atoms with Crippen LogP contribution < -0.4 is 4.74 Å². The summed E-state index contributed by atoms with van der Waals surface area (Å²) in [5.74, 6) is -0.703. The van der Waals surface area contributed by atoms with Crippen molar-refractivity contribution in [2.75, 3.05) is 14.2 Å². The van der Waals surface area contributed by atoms with E-state index in [1.807, 2.05) is 0 Å². The fourth-order valence-electron chi connectivity index (χ4n) is 3.72. The van der Waals surface area contributed by atoms with Crippen molar-refractivity contribution in [3.63, 3.8) is 0 Å². The van der Waals surface area contributed by atoms with Crippen LogP contribution in [0.25, 0.3) is 0 Å². The minimum atomic E-state index is -0.917. The zero-order valence-electron chi connectivity index (χ0n) is 14.5. The van der Waals surface area contributed by atoms with Gasteiger partial charge in [-0.15, -0.1) is 0 Å². The van der Waals surface area contributed by atoms with Gasteiger partial charge in [-0.25, -0.2) is 4.39 Å². The second-order valence-corrected chi connectivity index (χ2v) is 6.57. The molecule has 0 spiro atoms. The lowest BCUT2D eigenvalue weighted by atomic mass is 9.76. The highest BCUT2D eigenvalue weighted by Crippen LogP contribution is 2.41. The largest absolute Gasteiger partial charge is 0.494 e.